The molecule has 2 amide bonds. The highest BCUT2D eigenvalue weighted by Gasteiger charge is 2.25. The second kappa shape index (κ2) is 9.20. The summed E-state index contributed by atoms with van der Waals surface area (Å²) < 4.78 is 12.0. The van der Waals surface area contributed by atoms with Crippen LogP contribution in [0.1, 0.15) is 26.2 Å². The van der Waals surface area contributed by atoms with Crippen LogP contribution in [0, 0.1) is 0 Å². The van der Waals surface area contributed by atoms with Gasteiger partial charge in [0.05, 0.1) is 10.8 Å². The van der Waals surface area contributed by atoms with Gasteiger partial charge in [-0.25, -0.2) is 4.79 Å². The van der Waals surface area contributed by atoms with E-state index in [0.717, 1.165) is 23.5 Å². The molecule has 1 aliphatic carbocycles. The molecule has 1 aromatic carbocycles. The molecule has 0 spiro atoms. The molecule has 2 rings (SSSR count). The fourth-order valence-corrected chi connectivity index (χ4v) is 4.77. The zero-order chi connectivity index (χ0) is 15.8. The third-order valence-corrected chi connectivity index (χ3v) is 6.31. The van der Waals surface area contributed by atoms with Gasteiger partial charge in [-0.3, -0.25) is 4.21 Å². The van der Waals surface area contributed by atoms with Crippen LogP contribution < -0.4 is 10.6 Å². The van der Waals surface area contributed by atoms with Gasteiger partial charge in [-0.2, -0.15) is 11.8 Å². The highest BCUT2D eigenvalue weighted by atomic mass is 32.2. The Morgan fingerprint density at radius 2 is 2.09 bits per heavy atom. The topological polar surface area (TPSA) is 58.2 Å². The number of nitrogens with one attached hydrogen (secondary N) is 2. The minimum atomic E-state index is -1.06. The van der Waals surface area contributed by atoms with E-state index < -0.39 is 10.8 Å². The second-order valence-corrected chi connectivity index (χ2v) is 8.50. The summed E-state index contributed by atoms with van der Waals surface area (Å²) in [4.78, 5) is 12.7. The van der Waals surface area contributed by atoms with E-state index in [4.69, 9.17) is 0 Å². The molecule has 1 saturated carbocycles. The highest BCUT2D eigenvalue weighted by molar-refractivity contribution is 7.99. The lowest BCUT2D eigenvalue weighted by atomic mass is 10.2. The van der Waals surface area contributed by atoms with Crippen molar-refractivity contribution in [2.45, 2.75) is 42.4 Å². The molecule has 1 aliphatic rings. The third-order valence-electron chi connectivity index (χ3n) is 3.70. The molecule has 3 atom stereocenters. The summed E-state index contributed by atoms with van der Waals surface area (Å²) >= 11 is 1.98. The van der Waals surface area contributed by atoms with Gasteiger partial charge in [0.2, 0.25) is 0 Å². The summed E-state index contributed by atoms with van der Waals surface area (Å²) in [6.07, 6.45) is 3.30. The minimum Gasteiger partial charge on any atom is -0.337 e. The summed E-state index contributed by atoms with van der Waals surface area (Å²) in [6.45, 7) is 2.60. The van der Waals surface area contributed by atoms with Gasteiger partial charge in [-0.1, -0.05) is 25.1 Å². The first-order valence-corrected chi connectivity index (χ1v) is 10.1. The van der Waals surface area contributed by atoms with Crippen LogP contribution in [-0.2, 0) is 10.8 Å². The molecule has 0 aromatic heterocycles. The number of hydrogen-bond acceptors (Lipinski definition) is 3. The van der Waals surface area contributed by atoms with Crippen LogP contribution in [-0.4, -0.2) is 39.6 Å². The Morgan fingerprint density at radius 3 is 2.82 bits per heavy atom. The van der Waals surface area contributed by atoms with Gasteiger partial charge in [0, 0.05) is 28.5 Å². The molecular weight excluding hydrogens is 316 g/mol. The Morgan fingerprint density at radius 1 is 1.32 bits per heavy atom. The van der Waals surface area contributed by atoms with E-state index in [1.165, 1.54) is 6.42 Å². The van der Waals surface area contributed by atoms with Crippen molar-refractivity contribution >= 4 is 28.6 Å². The number of rotatable bonds is 7. The van der Waals surface area contributed by atoms with Crippen LogP contribution in [0.2, 0.25) is 0 Å². The first-order chi connectivity index (χ1) is 10.7. The molecule has 6 heteroatoms. The van der Waals surface area contributed by atoms with Gasteiger partial charge >= 0.3 is 6.03 Å². The molecule has 0 radical (unpaired) electrons. The lowest BCUT2D eigenvalue weighted by Crippen LogP contribution is -2.42. The Bertz CT molecular complexity index is 496. The van der Waals surface area contributed by atoms with Crippen molar-refractivity contribution in [1.29, 1.82) is 0 Å². The maximum Gasteiger partial charge on any atom is 0.315 e. The predicted octanol–water partition coefficient (Wildman–Crippen LogP) is 2.77. The van der Waals surface area contributed by atoms with Crippen molar-refractivity contribution in [2.24, 2.45) is 0 Å². The van der Waals surface area contributed by atoms with Crippen molar-refractivity contribution < 1.29 is 9.00 Å². The maximum atomic E-state index is 12.0. The number of urea groups is 1. The van der Waals surface area contributed by atoms with E-state index in [2.05, 4.69) is 17.6 Å². The fraction of sp³-hybridized carbons (Fsp3) is 0.562. The number of carbonyl (C=O) groups is 1. The molecule has 3 unspecified atom stereocenters. The SMILES string of the molecule is CCSC1CCC(NC(=O)NCCS(=O)c2ccccc2)C1. The molecule has 0 saturated heterocycles. The summed E-state index contributed by atoms with van der Waals surface area (Å²) in [7, 11) is -1.06. The average Bonchev–Trinajstić information content (AvgIpc) is 2.95. The molecule has 4 nitrogen and oxygen atoms in total. The van der Waals surface area contributed by atoms with Crippen LogP contribution in [0.25, 0.3) is 0 Å². The second-order valence-electron chi connectivity index (χ2n) is 5.35. The molecule has 1 fully saturated rings. The molecule has 0 bridgehead atoms. The molecule has 22 heavy (non-hydrogen) atoms. The van der Waals surface area contributed by atoms with E-state index in [1.807, 2.05) is 42.1 Å². The molecular formula is C16H24N2O2S2. The van der Waals surface area contributed by atoms with E-state index >= 15 is 0 Å². The fourth-order valence-electron chi connectivity index (χ4n) is 2.64. The van der Waals surface area contributed by atoms with E-state index in [0.29, 0.717) is 17.5 Å². The molecule has 0 aliphatic heterocycles. The largest absolute Gasteiger partial charge is 0.337 e. The summed E-state index contributed by atoms with van der Waals surface area (Å²) in [6, 6.07) is 9.48. The van der Waals surface area contributed by atoms with Crippen LogP contribution in [0.3, 0.4) is 0 Å². The monoisotopic (exact) mass is 340 g/mol. The Kier molecular flexibility index (Phi) is 7.25. The lowest BCUT2D eigenvalue weighted by Gasteiger charge is -2.14. The first kappa shape index (κ1) is 17.3. The Labute approximate surface area is 139 Å². The first-order valence-electron chi connectivity index (χ1n) is 7.78. The Hall–Kier alpha value is -1.01. The van der Waals surface area contributed by atoms with Gasteiger partial charge in [0.25, 0.3) is 0 Å². The number of carbonyl (C=O) groups excluding carboxylic acids is 1. The van der Waals surface area contributed by atoms with Crippen LogP contribution in [0.5, 0.6) is 0 Å². The summed E-state index contributed by atoms with van der Waals surface area (Å²) in [5, 5.41) is 6.51. The van der Waals surface area contributed by atoms with Crippen molar-refractivity contribution in [3.8, 4) is 0 Å². The zero-order valence-electron chi connectivity index (χ0n) is 12.9. The third kappa shape index (κ3) is 5.65. The van der Waals surface area contributed by atoms with Gasteiger partial charge in [0.1, 0.15) is 0 Å². The molecule has 2 N–H and O–H groups in total. The van der Waals surface area contributed by atoms with Gasteiger partial charge in [-0.05, 0) is 37.1 Å². The van der Waals surface area contributed by atoms with Crippen molar-refractivity contribution in [3.63, 3.8) is 0 Å². The smallest absolute Gasteiger partial charge is 0.315 e. The minimum absolute atomic E-state index is 0.141. The molecule has 1 aromatic rings. The number of thioether (sulfide) groups is 1. The highest BCUT2D eigenvalue weighted by Crippen LogP contribution is 2.29. The van der Waals surface area contributed by atoms with Crippen LogP contribution in [0.15, 0.2) is 35.2 Å². The lowest BCUT2D eigenvalue weighted by molar-refractivity contribution is 0.238. The van der Waals surface area contributed by atoms with Crippen molar-refractivity contribution in [2.75, 3.05) is 18.1 Å². The van der Waals surface area contributed by atoms with Crippen molar-refractivity contribution in [1.82, 2.24) is 10.6 Å². The van der Waals surface area contributed by atoms with E-state index in [9.17, 15) is 9.00 Å². The molecule has 0 heterocycles. The normalized spacial score (nSPS) is 22.2. The standard InChI is InChI=1S/C16H24N2O2S2/c1-2-21-14-9-8-13(12-14)18-16(19)17-10-11-22(20)15-6-4-3-5-7-15/h3-7,13-14H,2,8-12H2,1H3,(H2,17,18,19). The van der Waals surface area contributed by atoms with Crippen molar-refractivity contribution in [3.05, 3.63) is 30.3 Å². The molecule has 122 valence electrons. The average molecular weight is 341 g/mol. The van der Waals surface area contributed by atoms with E-state index in [1.54, 1.807) is 0 Å². The van der Waals surface area contributed by atoms with Crippen LogP contribution in [0.4, 0.5) is 4.79 Å². The number of benzene rings is 1. The van der Waals surface area contributed by atoms with E-state index in [-0.39, 0.29) is 12.1 Å². The maximum absolute atomic E-state index is 12.0. The zero-order valence-corrected chi connectivity index (χ0v) is 14.6. The van der Waals surface area contributed by atoms with Gasteiger partial charge in [-0.15, -0.1) is 0 Å². The quantitative estimate of drug-likeness (QED) is 0.802. The Balaban J connectivity index is 1.63. The summed E-state index contributed by atoms with van der Waals surface area (Å²) in [5.74, 6) is 1.57. The number of hydrogen-bond donors (Lipinski definition) is 2. The predicted molar refractivity (Wildman–Crippen MR) is 93.8 cm³/mol. The summed E-state index contributed by atoms with van der Waals surface area (Å²) in [5.41, 5.74) is 0. The van der Waals surface area contributed by atoms with Crippen LogP contribution >= 0.6 is 11.8 Å². The van der Waals surface area contributed by atoms with Gasteiger partial charge < -0.3 is 10.6 Å². The van der Waals surface area contributed by atoms with Gasteiger partial charge in [0.15, 0.2) is 0 Å². The number of amides is 2.